The summed E-state index contributed by atoms with van der Waals surface area (Å²) < 4.78 is 5.40. The number of nitrogens with one attached hydrogen (secondary N) is 1. The van der Waals surface area contributed by atoms with Gasteiger partial charge in [0.2, 0.25) is 5.91 Å². The average Bonchev–Trinajstić information content (AvgIpc) is 2.66. The number of esters is 1. The highest BCUT2D eigenvalue weighted by Gasteiger charge is 2.42. The second kappa shape index (κ2) is 8.11. The molecule has 0 aromatic heterocycles. The van der Waals surface area contributed by atoms with Crippen LogP contribution in [0.2, 0.25) is 10.0 Å². The Labute approximate surface area is 162 Å². The lowest BCUT2D eigenvalue weighted by Crippen LogP contribution is -2.49. The van der Waals surface area contributed by atoms with Crippen molar-refractivity contribution in [1.29, 1.82) is 0 Å². The van der Waals surface area contributed by atoms with E-state index in [0.29, 0.717) is 35.0 Å². The summed E-state index contributed by atoms with van der Waals surface area (Å²) in [6.45, 7) is 0.785. The first-order valence-electron chi connectivity index (χ1n) is 8.49. The van der Waals surface area contributed by atoms with Gasteiger partial charge in [0.15, 0.2) is 0 Å². The molecule has 2 aromatic carbocycles. The van der Waals surface area contributed by atoms with E-state index in [2.05, 4.69) is 5.32 Å². The minimum absolute atomic E-state index is 0.0714. The molecule has 0 spiro atoms. The lowest BCUT2D eigenvalue weighted by molar-refractivity contribution is -0.129. The third-order valence-electron chi connectivity index (χ3n) is 4.74. The Morgan fingerprint density at radius 1 is 1.12 bits per heavy atom. The smallest absolute Gasteiger partial charge is 0.338 e. The normalized spacial score (nSPS) is 19.7. The van der Waals surface area contributed by atoms with Gasteiger partial charge in [-0.2, -0.15) is 0 Å². The van der Waals surface area contributed by atoms with Crippen molar-refractivity contribution in [3.05, 3.63) is 69.7 Å². The van der Waals surface area contributed by atoms with Crippen molar-refractivity contribution in [3.8, 4) is 0 Å². The Balaban J connectivity index is 1.77. The van der Waals surface area contributed by atoms with Gasteiger partial charge < -0.3 is 10.1 Å². The quantitative estimate of drug-likeness (QED) is 0.768. The number of carbonyl (C=O) groups excluding carboxylic acids is 2. The van der Waals surface area contributed by atoms with Crippen molar-refractivity contribution in [3.63, 3.8) is 0 Å². The maximum atomic E-state index is 12.7. The summed E-state index contributed by atoms with van der Waals surface area (Å²) in [7, 11) is 0. The zero-order valence-electron chi connectivity index (χ0n) is 14.1. The van der Waals surface area contributed by atoms with Gasteiger partial charge in [0.1, 0.15) is 0 Å². The Hall–Kier alpha value is -2.04. The van der Waals surface area contributed by atoms with Crippen LogP contribution in [0.5, 0.6) is 0 Å². The number of halogens is 2. The topological polar surface area (TPSA) is 55.4 Å². The van der Waals surface area contributed by atoms with E-state index < -0.39 is 11.4 Å². The summed E-state index contributed by atoms with van der Waals surface area (Å²) in [4.78, 5) is 24.9. The molecule has 0 saturated carbocycles. The Bertz CT molecular complexity index is 810. The van der Waals surface area contributed by atoms with Gasteiger partial charge in [-0.25, -0.2) is 4.79 Å². The lowest BCUT2D eigenvalue weighted by Gasteiger charge is -2.36. The van der Waals surface area contributed by atoms with Crippen molar-refractivity contribution in [2.24, 2.45) is 0 Å². The van der Waals surface area contributed by atoms with Crippen LogP contribution in [-0.4, -0.2) is 25.0 Å². The SMILES string of the molecule is O=C(OCCC1(c2ccc(Cl)c(Cl)c2)CCCNC1=O)c1ccccc1. The van der Waals surface area contributed by atoms with Crippen LogP contribution in [-0.2, 0) is 14.9 Å². The standard InChI is InChI=1S/C20H19Cl2NO3/c21-16-8-7-15(13-17(16)22)20(9-4-11-23-19(20)25)10-12-26-18(24)14-5-2-1-3-6-14/h1-3,5-8,13H,4,9-12H2,(H,23,25). The number of piperidine rings is 1. The van der Waals surface area contributed by atoms with Crippen LogP contribution in [0.4, 0.5) is 0 Å². The van der Waals surface area contributed by atoms with Crippen molar-refractivity contribution in [2.75, 3.05) is 13.2 Å². The number of carbonyl (C=O) groups is 2. The fourth-order valence-corrected chi connectivity index (χ4v) is 3.60. The Morgan fingerprint density at radius 3 is 2.58 bits per heavy atom. The second-order valence-electron chi connectivity index (χ2n) is 6.32. The highest BCUT2D eigenvalue weighted by molar-refractivity contribution is 6.42. The molecule has 1 saturated heterocycles. The number of amides is 1. The summed E-state index contributed by atoms with van der Waals surface area (Å²) in [5.41, 5.74) is 0.507. The monoisotopic (exact) mass is 391 g/mol. The van der Waals surface area contributed by atoms with Crippen molar-refractivity contribution < 1.29 is 14.3 Å². The van der Waals surface area contributed by atoms with E-state index in [4.69, 9.17) is 27.9 Å². The van der Waals surface area contributed by atoms with Crippen LogP contribution in [0.15, 0.2) is 48.5 Å². The van der Waals surface area contributed by atoms with Gasteiger partial charge in [-0.15, -0.1) is 0 Å². The number of hydrogen-bond acceptors (Lipinski definition) is 3. The Kier molecular flexibility index (Phi) is 5.84. The van der Waals surface area contributed by atoms with Crippen molar-refractivity contribution >= 4 is 35.1 Å². The largest absolute Gasteiger partial charge is 0.462 e. The van der Waals surface area contributed by atoms with E-state index in [9.17, 15) is 9.59 Å². The van der Waals surface area contributed by atoms with Crippen LogP contribution in [0, 0.1) is 0 Å². The zero-order valence-corrected chi connectivity index (χ0v) is 15.6. The summed E-state index contributed by atoms with van der Waals surface area (Å²) >= 11 is 12.2. The Morgan fingerprint density at radius 2 is 1.88 bits per heavy atom. The lowest BCUT2D eigenvalue weighted by atomic mass is 9.72. The van der Waals surface area contributed by atoms with Gasteiger partial charge in [-0.1, -0.05) is 47.5 Å². The molecule has 1 aliphatic heterocycles. The van der Waals surface area contributed by atoms with Gasteiger partial charge in [-0.05, 0) is 42.7 Å². The molecule has 1 fully saturated rings. The maximum absolute atomic E-state index is 12.7. The molecule has 26 heavy (non-hydrogen) atoms. The van der Waals surface area contributed by atoms with E-state index in [1.165, 1.54) is 0 Å². The molecule has 1 unspecified atom stereocenters. The number of rotatable bonds is 5. The van der Waals surface area contributed by atoms with E-state index in [0.717, 1.165) is 12.0 Å². The highest BCUT2D eigenvalue weighted by Crippen LogP contribution is 2.38. The average molecular weight is 392 g/mol. The van der Waals surface area contributed by atoms with Gasteiger partial charge in [0.05, 0.1) is 27.6 Å². The minimum atomic E-state index is -0.774. The number of ether oxygens (including phenoxy) is 1. The third-order valence-corrected chi connectivity index (χ3v) is 5.48. The molecule has 2 aromatic rings. The minimum Gasteiger partial charge on any atom is -0.462 e. The van der Waals surface area contributed by atoms with Crippen LogP contribution >= 0.6 is 23.2 Å². The molecule has 3 rings (SSSR count). The first kappa shape index (κ1) is 18.7. The van der Waals surface area contributed by atoms with Gasteiger partial charge in [0, 0.05) is 13.0 Å². The van der Waals surface area contributed by atoms with E-state index in [1.807, 2.05) is 12.1 Å². The van der Waals surface area contributed by atoms with Crippen LogP contribution in [0.3, 0.4) is 0 Å². The molecule has 1 aliphatic rings. The van der Waals surface area contributed by atoms with Crippen LogP contribution in [0.25, 0.3) is 0 Å². The first-order valence-corrected chi connectivity index (χ1v) is 9.24. The van der Waals surface area contributed by atoms with Gasteiger partial charge in [-0.3, -0.25) is 4.79 Å². The first-order chi connectivity index (χ1) is 12.5. The summed E-state index contributed by atoms with van der Waals surface area (Å²) in [6, 6.07) is 14.0. The number of hydrogen-bond donors (Lipinski definition) is 1. The predicted octanol–water partition coefficient (Wildman–Crippen LogP) is 4.39. The second-order valence-corrected chi connectivity index (χ2v) is 7.14. The zero-order chi connectivity index (χ0) is 18.6. The van der Waals surface area contributed by atoms with Crippen molar-refractivity contribution in [2.45, 2.75) is 24.7 Å². The molecule has 1 amide bonds. The molecule has 4 nitrogen and oxygen atoms in total. The molecule has 0 aliphatic carbocycles. The van der Waals surface area contributed by atoms with E-state index in [1.54, 1.807) is 36.4 Å². The summed E-state index contributed by atoms with van der Waals surface area (Å²) in [6.07, 6.45) is 1.90. The summed E-state index contributed by atoms with van der Waals surface area (Å²) in [5.74, 6) is -0.469. The summed E-state index contributed by atoms with van der Waals surface area (Å²) in [5, 5.41) is 3.77. The molecular weight excluding hydrogens is 373 g/mol. The predicted molar refractivity (Wildman–Crippen MR) is 102 cm³/mol. The number of benzene rings is 2. The van der Waals surface area contributed by atoms with Gasteiger partial charge in [0.25, 0.3) is 0 Å². The van der Waals surface area contributed by atoms with Gasteiger partial charge >= 0.3 is 5.97 Å². The third kappa shape index (κ3) is 3.87. The van der Waals surface area contributed by atoms with Crippen LogP contribution in [0.1, 0.15) is 35.2 Å². The van der Waals surface area contributed by atoms with E-state index in [-0.39, 0.29) is 12.5 Å². The van der Waals surface area contributed by atoms with Crippen LogP contribution < -0.4 is 5.32 Å². The maximum Gasteiger partial charge on any atom is 0.338 e. The fourth-order valence-electron chi connectivity index (χ4n) is 3.30. The molecule has 6 heteroatoms. The molecule has 1 heterocycles. The molecule has 1 atom stereocenters. The van der Waals surface area contributed by atoms with E-state index >= 15 is 0 Å². The molecule has 1 N–H and O–H groups in total. The molecular formula is C20H19Cl2NO3. The molecule has 0 radical (unpaired) electrons. The highest BCUT2D eigenvalue weighted by atomic mass is 35.5. The molecule has 0 bridgehead atoms. The molecule has 136 valence electrons. The fraction of sp³-hybridized carbons (Fsp3) is 0.300. The van der Waals surface area contributed by atoms with Crippen molar-refractivity contribution in [1.82, 2.24) is 5.32 Å².